The molecule has 2 rings (SSSR count). The van der Waals surface area contributed by atoms with Gasteiger partial charge in [-0.05, 0) is 19.0 Å². The van der Waals surface area contributed by atoms with Crippen LogP contribution < -0.4 is 10.6 Å². The third-order valence-electron chi connectivity index (χ3n) is 2.93. The van der Waals surface area contributed by atoms with E-state index in [9.17, 15) is 4.79 Å². The van der Waals surface area contributed by atoms with Crippen molar-refractivity contribution in [3.8, 4) is 0 Å². The first kappa shape index (κ1) is 14.6. The highest BCUT2D eigenvalue weighted by atomic mass is 32.1. The number of likely N-dealkylation sites (N-methyl/N-ethyl adjacent to an activating group) is 1. The normalized spacial score (nSPS) is 12.1. The Labute approximate surface area is 122 Å². The molecule has 1 aromatic carbocycles. The highest BCUT2D eigenvalue weighted by Crippen LogP contribution is 2.31. The zero-order chi connectivity index (χ0) is 14.4. The topological polar surface area (TPSA) is 66.9 Å². The van der Waals surface area contributed by atoms with Gasteiger partial charge in [-0.1, -0.05) is 48.6 Å². The van der Waals surface area contributed by atoms with Crippen molar-refractivity contribution in [1.82, 2.24) is 15.5 Å². The van der Waals surface area contributed by atoms with Crippen molar-refractivity contribution in [2.45, 2.75) is 19.3 Å². The maximum Gasteiger partial charge on any atom is 0.240 e. The molecular weight excluding hydrogens is 272 g/mol. The molecule has 1 aromatic heterocycles. The van der Waals surface area contributed by atoms with Gasteiger partial charge in [-0.25, -0.2) is 0 Å². The standard InChI is InChI=1S/C14H18N4OS/c1-3-11(10-7-5-4-6-8-10)13-17-18-14(20-13)16-12(19)9-15-2/h4-8,11,15H,3,9H2,1-2H3,(H,16,18,19). The number of amides is 1. The smallest absolute Gasteiger partial charge is 0.240 e. The maximum atomic E-state index is 11.5. The van der Waals surface area contributed by atoms with Gasteiger partial charge in [0.05, 0.1) is 6.54 Å². The van der Waals surface area contributed by atoms with Gasteiger partial charge in [-0.2, -0.15) is 0 Å². The number of rotatable bonds is 6. The molecule has 20 heavy (non-hydrogen) atoms. The first-order valence-corrected chi connectivity index (χ1v) is 7.39. The fourth-order valence-corrected chi connectivity index (χ4v) is 2.96. The molecule has 0 saturated heterocycles. The molecule has 1 unspecified atom stereocenters. The minimum Gasteiger partial charge on any atom is -0.311 e. The largest absolute Gasteiger partial charge is 0.311 e. The number of nitrogens with zero attached hydrogens (tertiary/aromatic N) is 2. The van der Waals surface area contributed by atoms with Gasteiger partial charge >= 0.3 is 0 Å². The zero-order valence-corrected chi connectivity index (χ0v) is 12.4. The van der Waals surface area contributed by atoms with Gasteiger partial charge in [0, 0.05) is 5.92 Å². The molecule has 0 spiro atoms. The Hall–Kier alpha value is -1.79. The first-order chi connectivity index (χ1) is 9.74. The van der Waals surface area contributed by atoms with Crippen LogP contribution in [-0.4, -0.2) is 29.7 Å². The lowest BCUT2D eigenvalue weighted by atomic mass is 9.97. The Kier molecular flexibility index (Phi) is 5.20. The van der Waals surface area contributed by atoms with E-state index in [0.29, 0.717) is 5.13 Å². The predicted octanol–water partition coefficient (Wildman–Crippen LogP) is 2.24. The number of aromatic nitrogens is 2. The molecule has 0 aliphatic heterocycles. The Bertz CT molecular complexity index is 555. The second-order valence-electron chi connectivity index (χ2n) is 4.40. The summed E-state index contributed by atoms with van der Waals surface area (Å²) in [6.07, 6.45) is 0.948. The van der Waals surface area contributed by atoms with Crippen molar-refractivity contribution >= 4 is 22.4 Å². The summed E-state index contributed by atoms with van der Waals surface area (Å²) >= 11 is 1.43. The van der Waals surface area contributed by atoms with Crippen molar-refractivity contribution in [3.05, 3.63) is 40.9 Å². The molecule has 106 valence electrons. The van der Waals surface area contributed by atoms with Crippen molar-refractivity contribution in [3.63, 3.8) is 0 Å². The lowest BCUT2D eigenvalue weighted by Gasteiger charge is -2.10. The van der Waals surface area contributed by atoms with E-state index in [2.05, 4.69) is 39.9 Å². The minimum atomic E-state index is -0.108. The molecule has 2 N–H and O–H groups in total. The van der Waals surface area contributed by atoms with Crippen LogP contribution in [0.25, 0.3) is 0 Å². The SMILES string of the molecule is CCC(c1ccccc1)c1nnc(NC(=O)CNC)s1. The summed E-state index contributed by atoms with van der Waals surface area (Å²) in [5.41, 5.74) is 1.22. The second kappa shape index (κ2) is 7.12. The van der Waals surface area contributed by atoms with Crippen LogP contribution in [0.5, 0.6) is 0 Å². The number of nitrogens with one attached hydrogen (secondary N) is 2. The van der Waals surface area contributed by atoms with Crippen molar-refractivity contribution in [1.29, 1.82) is 0 Å². The number of anilines is 1. The molecule has 0 radical (unpaired) electrons. The fourth-order valence-electron chi connectivity index (χ4n) is 1.99. The fraction of sp³-hybridized carbons (Fsp3) is 0.357. The van der Waals surface area contributed by atoms with Crippen LogP contribution in [0.1, 0.15) is 29.8 Å². The molecular formula is C14H18N4OS. The summed E-state index contributed by atoms with van der Waals surface area (Å²) in [6, 6.07) is 10.2. The predicted molar refractivity (Wildman–Crippen MR) is 81.0 cm³/mol. The lowest BCUT2D eigenvalue weighted by molar-refractivity contribution is -0.115. The molecule has 0 aliphatic carbocycles. The summed E-state index contributed by atoms with van der Waals surface area (Å²) in [6.45, 7) is 2.39. The Morgan fingerprint density at radius 2 is 2.05 bits per heavy atom. The number of carbonyl (C=O) groups excluding carboxylic acids is 1. The lowest BCUT2D eigenvalue weighted by Crippen LogP contribution is -2.24. The highest BCUT2D eigenvalue weighted by molar-refractivity contribution is 7.15. The van der Waals surface area contributed by atoms with Crippen LogP contribution in [-0.2, 0) is 4.79 Å². The third-order valence-corrected chi connectivity index (χ3v) is 3.88. The Morgan fingerprint density at radius 3 is 2.70 bits per heavy atom. The monoisotopic (exact) mass is 290 g/mol. The molecule has 0 bridgehead atoms. The molecule has 0 aliphatic rings. The molecule has 0 fully saturated rings. The van der Waals surface area contributed by atoms with E-state index in [1.165, 1.54) is 16.9 Å². The minimum absolute atomic E-state index is 0.108. The summed E-state index contributed by atoms with van der Waals surface area (Å²) in [7, 11) is 1.73. The van der Waals surface area contributed by atoms with Crippen molar-refractivity contribution < 1.29 is 4.79 Å². The molecule has 0 saturated carbocycles. The molecule has 1 atom stereocenters. The third kappa shape index (κ3) is 3.61. The average molecular weight is 290 g/mol. The van der Waals surface area contributed by atoms with E-state index in [0.717, 1.165) is 11.4 Å². The number of carbonyl (C=O) groups is 1. The van der Waals surface area contributed by atoms with Crippen molar-refractivity contribution in [2.75, 3.05) is 18.9 Å². The van der Waals surface area contributed by atoms with Gasteiger partial charge in [0.1, 0.15) is 5.01 Å². The summed E-state index contributed by atoms with van der Waals surface area (Å²) in [5, 5.41) is 15.3. The van der Waals surface area contributed by atoms with Crippen LogP contribution in [0.4, 0.5) is 5.13 Å². The first-order valence-electron chi connectivity index (χ1n) is 6.57. The maximum absolute atomic E-state index is 11.5. The zero-order valence-electron chi connectivity index (χ0n) is 11.6. The molecule has 1 amide bonds. The van der Waals surface area contributed by atoms with Gasteiger partial charge in [-0.15, -0.1) is 10.2 Å². The molecule has 6 heteroatoms. The van der Waals surface area contributed by atoms with Crippen molar-refractivity contribution in [2.24, 2.45) is 0 Å². The van der Waals surface area contributed by atoms with Crippen LogP contribution in [0, 0.1) is 0 Å². The Balaban J connectivity index is 2.12. The molecule has 1 heterocycles. The quantitative estimate of drug-likeness (QED) is 0.856. The van der Waals surface area contributed by atoms with Crippen LogP contribution >= 0.6 is 11.3 Å². The van der Waals surface area contributed by atoms with E-state index in [1.807, 2.05) is 18.2 Å². The van der Waals surface area contributed by atoms with Gasteiger partial charge < -0.3 is 5.32 Å². The van der Waals surface area contributed by atoms with Gasteiger partial charge in [0.25, 0.3) is 0 Å². The molecule has 2 aromatic rings. The van der Waals surface area contributed by atoms with E-state index in [4.69, 9.17) is 0 Å². The second-order valence-corrected chi connectivity index (χ2v) is 5.40. The van der Waals surface area contributed by atoms with Crippen LogP contribution in [0.3, 0.4) is 0 Å². The van der Waals surface area contributed by atoms with Crippen LogP contribution in [0.15, 0.2) is 30.3 Å². The average Bonchev–Trinajstić information content (AvgIpc) is 2.89. The number of hydrogen-bond acceptors (Lipinski definition) is 5. The number of benzene rings is 1. The number of hydrogen-bond donors (Lipinski definition) is 2. The summed E-state index contributed by atoms with van der Waals surface area (Å²) in [4.78, 5) is 11.5. The van der Waals surface area contributed by atoms with E-state index < -0.39 is 0 Å². The van der Waals surface area contributed by atoms with E-state index >= 15 is 0 Å². The van der Waals surface area contributed by atoms with E-state index in [-0.39, 0.29) is 18.4 Å². The Morgan fingerprint density at radius 1 is 1.30 bits per heavy atom. The van der Waals surface area contributed by atoms with Gasteiger partial charge in [-0.3, -0.25) is 10.1 Å². The highest BCUT2D eigenvalue weighted by Gasteiger charge is 2.17. The van der Waals surface area contributed by atoms with Crippen LogP contribution in [0.2, 0.25) is 0 Å². The summed E-state index contributed by atoms with van der Waals surface area (Å²) in [5.74, 6) is 0.117. The van der Waals surface area contributed by atoms with Gasteiger partial charge in [0.2, 0.25) is 11.0 Å². The van der Waals surface area contributed by atoms with E-state index in [1.54, 1.807) is 7.05 Å². The molecule has 5 nitrogen and oxygen atoms in total. The summed E-state index contributed by atoms with van der Waals surface area (Å²) < 4.78 is 0. The van der Waals surface area contributed by atoms with Gasteiger partial charge in [0.15, 0.2) is 0 Å².